The van der Waals surface area contributed by atoms with Gasteiger partial charge in [0.1, 0.15) is 23.1 Å². The van der Waals surface area contributed by atoms with Gasteiger partial charge in [0, 0.05) is 22.6 Å². The maximum atomic E-state index is 10.8. The second-order valence-corrected chi connectivity index (χ2v) is 8.93. The van der Waals surface area contributed by atoms with Crippen molar-refractivity contribution >= 4 is 0 Å². The lowest BCUT2D eigenvalue weighted by atomic mass is 9.94. The van der Waals surface area contributed by atoms with Crippen molar-refractivity contribution in [1.29, 1.82) is 0 Å². The highest BCUT2D eigenvalue weighted by Crippen LogP contribution is 2.37. The van der Waals surface area contributed by atoms with E-state index in [0.29, 0.717) is 29.3 Å². The van der Waals surface area contributed by atoms with E-state index in [2.05, 4.69) is 40.7 Å². The highest BCUT2D eigenvalue weighted by Gasteiger charge is 2.21. The van der Waals surface area contributed by atoms with Crippen molar-refractivity contribution in [3.05, 3.63) is 65.5 Å². The largest absolute Gasteiger partial charge is 0.508 e. The van der Waals surface area contributed by atoms with Crippen LogP contribution in [0.3, 0.4) is 0 Å². The number of hydrogen-bond acceptors (Lipinski definition) is 5. The summed E-state index contributed by atoms with van der Waals surface area (Å²) in [7, 11) is 1.60. The summed E-state index contributed by atoms with van der Waals surface area (Å²) in [5.41, 5.74) is 4.77. The van der Waals surface area contributed by atoms with Crippen molar-refractivity contribution in [3.63, 3.8) is 0 Å². The van der Waals surface area contributed by atoms with Crippen LogP contribution < -0.4 is 4.74 Å². The Hall–Kier alpha value is -3.34. The topological polar surface area (TPSA) is 75.5 Å². The molecule has 162 valence electrons. The third kappa shape index (κ3) is 5.23. The number of benzene rings is 2. The summed E-state index contributed by atoms with van der Waals surface area (Å²) in [4.78, 5) is 9.56. The molecule has 0 atom stereocenters. The predicted octanol–water partition coefficient (Wildman–Crippen LogP) is 6.04. The summed E-state index contributed by atoms with van der Waals surface area (Å²) in [6.07, 6.45) is 2.82. The van der Waals surface area contributed by atoms with Crippen molar-refractivity contribution in [2.24, 2.45) is 0 Å². The van der Waals surface area contributed by atoms with Gasteiger partial charge in [-0.15, -0.1) is 0 Å². The van der Waals surface area contributed by atoms with Gasteiger partial charge in [-0.1, -0.05) is 32.4 Å². The van der Waals surface area contributed by atoms with Crippen LogP contribution >= 0.6 is 0 Å². The van der Waals surface area contributed by atoms with Gasteiger partial charge in [-0.3, -0.25) is 0 Å². The first-order valence-electron chi connectivity index (χ1n) is 10.3. The molecule has 0 aliphatic rings. The number of allylic oxidation sites excluding steroid dienone is 2. The molecule has 0 fully saturated rings. The van der Waals surface area contributed by atoms with E-state index in [1.165, 1.54) is 5.57 Å². The van der Waals surface area contributed by atoms with Crippen molar-refractivity contribution < 1.29 is 14.9 Å². The maximum absolute atomic E-state index is 10.8. The molecule has 0 saturated carbocycles. The molecule has 5 nitrogen and oxygen atoms in total. The van der Waals surface area contributed by atoms with E-state index in [4.69, 9.17) is 14.7 Å². The monoisotopic (exact) mass is 418 g/mol. The zero-order chi connectivity index (χ0) is 22.8. The third-order valence-electron chi connectivity index (χ3n) is 4.96. The highest BCUT2D eigenvalue weighted by molar-refractivity contribution is 5.74. The van der Waals surface area contributed by atoms with E-state index in [1.807, 2.05) is 24.3 Å². The zero-order valence-corrected chi connectivity index (χ0v) is 19.0. The van der Waals surface area contributed by atoms with Gasteiger partial charge < -0.3 is 14.9 Å². The Morgan fingerprint density at radius 1 is 0.968 bits per heavy atom. The molecule has 3 aromatic rings. The molecule has 0 aliphatic heterocycles. The van der Waals surface area contributed by atoms with Gasteiger partial charge in [0.25, 0.3) is 0 Å². The van der Waals surface area contributed by atoms with Crippen LogP contribution in [0.4, 0.5) is 0 Å². The Morgan fingerprint density at radius 2 is 1.61 bits per heavy atom. The predicted molar refractivity (Wildman–Crippen MR) is 125 cm³/mol. The van der Waals surface area contributed by atoms with Crippen LogP contribution in [0.5, 0.6) is 17.2 Å². The minimum atomic E-state index is -0.283. The Balaban J connectivity index is 2.21. The van der Waals surface area contributed by atoms with Crippen LogP contribution in [0.1, 0.15) is 46.0 Å². The van der Waals surface area contributed by atoms with Crippen molar-refractivity contribution in [2.75, 3.05) is 7.11 Å². The van der Waals surface area contributed by atoms with E-state index in [0.717, 1.165) is 16.8 Å². The van der Waals surface area contributed by atoms with E-state index in [9.17, 15) is 10.2 Å². The SMILES string of the molecule is COc1cc(O)c(-c2cc(-c3ccc(O)cc3)nc(C(C)(C)C)n2)cc1CC=C(C)C. The molecule has 2 aromatic carbocycles. The average Bonchev–Trinajstić information content (AvgIpc) is 2.72. The number of aromatic hydroxyl groups is 2. The molecule has 0 aliphatic carbocycles. The van der Waals surface area contributed by atoms with E-state index in [-0.39, 0.29) is 16.9 Å². The highest BCUT2D eigenvalue weighted by atomic mass is 16.5. The molecule has 0 saturated heterocycles. The number of ether oxygens (including phenoxy) is 1. The first kappa shape index (κ1) is 22.3. The van der Waals surface area contributed by atoms with Gasteiger partial charge in [-0.2, -0.15) is 0 Å². The minimum Gasteiger partial charge on any atom is -0.508 e. The average molecular weight is 419 g/mol. The molecule has 31 heavy (non-hydrogen) atoms. The summed E-state index contributed by atoms with van der Waals surface area (Å²) in [5, 5.41) is 20.4. The maximum Gasteiger partial charge on any atom is 0.135 e. The molecule has 0 spiro atoms. The van der Waals surface area contributed by atoms with Gasteiger partial charge in [0.15, 0.2) is 0 Å². The molecule has 3 rings (SSSR count). The van der Waals surface area contributed by atoms with E-state index < -0.39 is 0 Å². The van der Waals surface area contributed by atoms with Gasteiger partial charge in [-0.05, 0) is 62.2 Å². The lowest BCUT2D eigenvalue weighted by Gasteiger charge is -2.19. The first-order chi connectivity index (χ1) is 14.6. The van der Waals surface area contributed by atoms with Crippen molar-refractivity contribution in [2.45, 2.75) is 46.5 Å². The molecule has 0 amide bonds. The fourth-order valence-corrected chi connectivity index (χ4v) is 3.18. The number of aromatic nitrogens is 2. The zero-order valence-electron chi connectivity index (χ0n) is 19.0. The number of phenolic OH excluding ortho intramolecular Hbond substituents is 2. The summed E-state index contributed by atoms with van der Waals surface area (Å²) < 4.78 is 5.49. The lowest BCUT2D eigenvalue weighted by Crippen LogP contribution is -2.17. The van der Waals surface area contributed by atoms with Crippen molar-refractivity contribution in [1.82, 2.24) is 9.97 Å². The second kappa shape index (κ2) is 8.80. The number of phenols is 2. The molecule has 0 radical (unpaired) electrons. The van der Waals surface area contributed by atoms with Gasteiger partial charge in [-0.25, -0.2) is 9.97 Å². The summed E-state index contributed by atoms with van der Waals surface area (Å²) in [6.45, 7) is 10.3. The van der Waals surface area contributed by atoms with Crippen molar-refractivity contribution in [3.8, 4) is 39.8 Å². The van der Waals surface area contributed by atoms with Crippen LogP contribution in [-0.2, 0) is 11.8 Å². The van der Waals surface area contributed by atoms with Gasteiger partial charge in [0.05, 0.1) is 18.5 Å². The fourth-order valence-electron chi connectivity index (χ4n) is 3.18. The summed E-state index contributed by atoms with van der Waals surface area (Å²) >= 11 is 0. The number of hydrogen-bond donors (Lipinski definition) is 2. The fraction of sp³-hybridized carbons (Fsp3) is 0.308. The Kier molecular flexibility index (Phi) is 6.34. The Labute approximate surface area is 184 Å². The standard InChI is InChI=1S/C26H30N2O3/c1-16(2)7-8-18-13-20(23(30)15-24(18)31-6)22-14-21(17-9-11-19(29)12-10-17)27-25(28-22)26(3,4)5/h7,9-15,29-30H,8H2,1-6H3. The van der Waals surface area contributed by atoms with E-state index >= 15 is 0 Å². The molecule has 0 unspecified atom stereocenters. The van der Waals surface area contributed by atoms with Gasteiger partial charge >= 0.3 is 0 Å². The van der Waals surface area contributed by atoms with E-state index in [1.54, 1.807) is 25.3 Å². The number of methoxy groups -OCH3 is 1. The molecular weight excluding hydrogens is 388 g/mol. The third-order valence-corrected chi connectivity index (χ3v) is 4.96. The molecular formula is C26H30N2O3. The molecule has 2 N–H and O–H groups in total. The lowest BCUT2D eigenvalue weighted by molar-refractivity contribution is 0.404. The quantitative estimate of drug-likeness (QED) is 0.494. The van der Waals surface area contributed by atoms with Gasteiger partial charge in [0.2, 0.25) is 0 Å². The summed E-state index contributed by atoms with van der Waals surface area (Å²) in [6, 6.07) is 12.4. The van der Waals surface area contributed by atoms with Crippen LogP contribution in [0.25, 0.3) is 22.5 Å². The van der Waals surface area contributed by atoms with Crippen LogP contribution in [0, 0.1) is 0 Å². The molecule has 1 heterocycles. The smallest absolute Gasteiger partial charge is 0.135 e. The minimum absolute atomic E-state index is 0.105. The normalized spacial score (nSPS) is 11.3. The molecule has 1 aromatic heterocycles. The Bertz CT molecular complexity index is 1110. The number of rotatable bonds is 5. The van der Waals surface area contributed by atoms with Crippen LogP contribution in [0.2, 0.25) is 0 Å². The summed E-state index contributed by atoms with van der Waals surface area (Å²) in [5.74, 6) is 1.62. The molecule has 0 bridgehead atoms. The van der Waals surface area contributed by atoms with Crippen LogP contribution in [0.15, 0.2) is 54.1 Å². The second-order valence-electron chi connectivity index (χ2n) is 8.93. The first-order valence-corrected chi connectivity index (χ1v) is 10.3. The molecule has 5 heteroatoms. The van der Waals surface area contributed by atoms with Crippen LogP contribution in [-0.4, -0.2) is 27.3 Å². The number of nitrogens with zero attached hydrogens (tertiary/aromatic N) is 2. The Morgan fingerprint density at radius 3 is 2.19 bits per heavy atom.